The van der Waals surface area contributed by atoms with Crippen LogP contribution < -0.4 is 0 Å². The van der Waals surface area contributed by atoms with E-state index in [-0.39, 0.29) is 18.1 Å². The topological polar surface area (TPSA) is 37.4 Å². The van der Waals surface area contributed by atoms with Gasteiger partial charge in [-0.05, 0) is 13.3 Å². The van der Waals surface area contributed by atoms with Crippen molar-refractivity contribution in [3.05, 3.63) is 0 Å². The molecule has 0 fully saturated rings. The molecule has 0 spiro atoms. The summed E-state index contributed by atoms with van der Waals surface area (Å²) in [4.78, 5) is 23.7. The van der Waals surface area contributed by atoms with Gasteiger partial charge in [-0.15, -0.1) is 0 Å². The van der Waals surface area contributed by atoms with E-state index in [4.69, 9.17) is 0 Å². The van der Waals surface area contributed by atoms with Crippen molar-refractivity contribution < 1.29 is 9.59 Å². The van der Waals surface area contributed by atoms with Gasteiger partial charge in [-0.3, -0.25) is 9.59 Å². The molecule has 1 amide bonds. The number of Topliss-reactive ketones (excluding diaryl/α,β-unsaturated/α-hetero) is 1. The zero-order chi connectivity index (χ0) is 11.0. The SMILES string of the molecule is CCCCCCN(C)C(=O)CC(C)=O. The number of hydrogen-bond donors (Lipinski definition) is 0. The molecule has 0 rings (SSSR count). The second-order valence-electron chi connectivity index (χ2n) is 3.75. The number of amides is 1. The maximum Gasteiger partial charge on any atom is 0.229 e. The van der Waals surface area contributed by atoms with Gasteiger partial charge in [-0.2, -0.15) is 0 Å². The van der Waals surface area contributed by atoms with Crippen LogP contribution in [0, 0.1) is 0 Å². The van der Waals surface area contributed by atoms with Crippen molar-refractivity contribution in [1.29, 1.82) is 0 Å². The first-order valence-corrected chi connectivity index (χ1v) is 5.31. The van der Waals surface area contributed by atoms with Crippen molar-refractivity contribution >= 4 is 11.7 Å². The number of rotatable bonds is 7. The Balaban J connectivity index is 3.57. The molecule has 0 aliphatic rings. The van der Waals surface area contributed by atoms with Crippen LogP contribution in [-0.2, 0) is 9.59 Å². The Morgan fingerprint density at radius 2 is 1.79 bits per heavy atom. The van der Waals surface area contributed by atoms with Crippen LogP contribution in [-0.4, -0.2) is 30.2 Å². The van der Waals surface area contributed by atoms with Crippen molar-refractivity contribution in [1.82, 2.24) is 4.90 Å². The number of unbranched alkanes of at least 4 members (excludes halogenated alkanes) is 3. The van der Waals surface area contributed by atoms with E-state index in [0.717, 1.165) is 19.4 Å². The van der Waals surface area contributed by atoms with Crippen LogP contribution in [0.1, 0.15) is 46.0 Å². The summed E-state index contributed by atoms with van der Waals surface area (Å²) in [5, 5.41) is 0. The second kappa shape index (κ2) is 7.54. The zero-order valence-corrected chi connectivity index (χ0v) is 9.51. The first-order valence-electron chi connectivity index (χ1n) is 5.31. The summed E-state index contributed by atoms with van der Waals surface area (Å²) in [6, 6.07) is 0. The van der Waals surface area contributed by atoms with E-state index in [1.807, 2.05) is 0 Å². The molecule has 0 aliphatic carbocycles. The molecule has 0 radical (unpaired) electrons. The Bertz CT molecular complexity index is 190. The predicted molar refractivity (Wildman–Crippen MR) is 57.1 cm³/mol. The molecular formula is C11H21NO2. The highest BCUT2D eigenvalue weighted by atomic mass is 16.2. The quantitative estimate of drug-likeness (QED) is 0.464. The molecule has 0 unspecified atom stereocenters. The van der Waals surface area contributed by atoms with E-state index >= 15 is 0 Å². The normalized spacial score (nSPS) is 9.93. The average molecular weight is 199 g/mol. The highest BCUT2D eigenvalue weighted by Gasteiger charge is 2.09. The van der Waals surface area contributed by atoms with Gasteiger partial charge in [0, 0.05) is 13.6 Å². The Hall–Kier alpha value is -0.860. The van der Waals surface area contributed by atoms with Gasteiger partial charge in [-0.25, -0.2) is 0 Å². The molecule has 0 saturated carbocycles. The first kappa shape index (κ1) is 13.1. The number of carbonyl (C=O) groups excluding carboxylic acids is 2. The number of ketones is 1. The summed E-state index contributed by atoms with van der Waals surface area (Å²) in [7, 11) is 1.76. The maximum atomic E-state index is 11.3. The van der Waals surface area contributed by atoms with Gasteiger partial charge < -0.3 is 4.90 Å². The molecule has 0 aromatic rings. The summed E-state index contributed by atoms with van der Waals surface area (Å²) in [6.45, 7) is 4.37. The molecule has 3 nitrogen and oxygen atoms in total. The van der Waals surface area contributed by atoms with Gasteiger partial charge in [0.15, 0.2) is 0 Å². The lowest BCUT2D eigenvalue weighted by Gasteiger charge is -2.15. The third kappa shape index (κ3) is 6.63. The minimum Gasteiger partial charge on any atom is -0.345 e. The molecule has 0 heterocycles. The van der Waals surface area contributed by atoms with Gasteiger partial charge in [0.2, 0.25) is 5.91 Å². The predicted octanol–water partition coefficient (Wildman–Crippen LogP) is 2.00. The maximum absolute atomic E-state index is 11.3. The van der Waals surface area contributed by atoms with E-state index in [9.17, 15) is 9.59 Å². The second-order valence-corrected chi connectivity index (χ2v) is 3.75. The van der Waals surface area contributed by atoms with E-state index in [1.54, 1.807) is 11.9 Å². The molecule has 0 atom stereocenters. The highest BCUT2D eigenvalue weighted by Crippen LogP contribution is 2.01. The molecule has 0 aliphatic heterocycles. The van der Waals surface area contributed by atoms with Crippen molar-refractivity contribution in [2.75, 3.05) is 13.6 Å². The fraction of sp³-hybridized carbons (Fsp3) is 0.818. The van der Waals surface area contributed by atoms with E-state index in [0.29, 0.717) is 0 Å². The summed E-state index contributed by atoms with van der Waals surface area (Å²) in [5.74, 6) is -0.121. The van der Waals surface area contributed by atoms with Crippen LogP contribution in [0.15, 0.2) is 0 Å². The van der Waals surface area contributed by atoms with Gasteiger partial charge in [0.1, 0.15) is 5.78 Å². The smallest absolute Gasteiger partial charge is 0.229 e. The molecule has 0 N–H and O–H groups in total. The lowest BCUT2D eigenvalue weighted by Crippen LogP contribution is -2.28. The monoisotopic (exact) mass is 199 g/mol. The largest absolute Gasteiger partial charge is 0.345 e. The third-order valence-corrected chi connectivity index (χ3v) is 2.17. The minimum absolute atomic E-state index is 0.0459. The summed E-state index contributed by atoms with van der Waals surface area (Å²) in [6.07, 6.45) is 4.66. The standard InChI is InChI=1S/C11H21NO2/c1-4-5-6-7-8-12(3)11(14)9-10(2)13/h4-9H2,1-3H3. The Labute approximate surface area is 86.5 Å². The number of carbonyl (C=O) groups is 2. The summed E-state index contributed by atoms with van der Waals surface area (Å²) in [5.41, 5.74) is 0. The first-order chi connectivity index (χ1) is 6.57. The number of nitrogens with zero attached hydrogens (tertiary/aromatic N) is 1. The summed E-state index contributed by atoms with van der Waals surface area (Å²) >= 11 is 0. The van der Waals surface area contributed by atoms with Crippen molar-refractivity contribution in [2.24, 2.45) is 0 Å². The molecule has 82 valence electrons. The zero-order valence-electron chi connectivity index (χ0n) is 9.51. The van der Waals surface area contributed by atoms with Crippen LogP contribution in [0.5, 0.6) is 0 Å². The van der Waals surface area contributed by atoms with Crippen LogP contribution in [0.3, 0.4) is 0 Å². The molecule has 0 aromatic carbocycles. The van der Waals surface area contributed by atoms with E-state index in [2.05, 4.69) is 6.92 Å². The molecular weight excluding hydrogens is 178 g/mol. The van der Waals surface area contributed by atoms with Gasteiger partial charge in [0.25, 0.3) is 0 Å². The van der Waals surface area contributed by atoms with Crippen LogP contribution in [0.25, 0.3) is 0 Å². The molecule has 0 aromatic heterocycles. The molecule has 0 bridgehead atoms. The van der Waals surface area contributed by atoms with Gasteiger partial charge >= 0.3 is 0 Å². The molecule has 3 heteroatoms. The number of hydrogen-bond acceptors (Lipinski definition) is 2. The lowest BCUT2D eigenvalue weighted by atomic mass is 10.2. The fourth-order valence-corrected chi connectivity index (χ4v) is 1.25. The Morgan fingerprint density at radius 3 is 2.29 bits per heavy atom. The van der Waals surface area contributed by atoms with Crippen LogP contribution in [0.4, 0.5) is 0 Å². The lowest BCUT2D eigenvalue weighted by molar-refractivity contribution is -0.133. The third-order valence-electron chi connectivity index (χ3n) is 2.17. The highest BCUT2D eigenvalue weighted by molar-refractivity contribution is 5.96. The Morgan fingerprint density at radius 1 is 1.14 bits per heavy atom. The van der Waals surface area contributed by atoms with Gasteiger partial charge in [-0.1, -0.05) is 26.2 Å². The van der Waals surface area contributed by atoms with Crippen molar-refractivity contribution in [2.45, 2.75) is 46.0 Å². The molecule has 14 heavy (non-hydrogen) atoms. The van der Waals surface area contributed by atoms with Gasteiger partial charge in [0.05, 0.1) is 6.42 Å². The minimum atomic E-state index is -0.0611. The fourth-order valence-electron chi connectivity index (χ4n) is 1.25. The van der Waals surface area contributed by atoms with Crippen molar-refractivity contribution in [3.63, 3.8) is 0 Å². The van der Waals surface area contributed by atoms with Crippen LogP contribution in [0.2, 0.25) is 0 Å². The molecule has 0 saturated heterocycles. The average Bonchev–Trinajstić information content (AvgIpc) is 2.11. The van der Waals surface area contributed by atoms with Crippen LogP contribution >= 0.6 is 0 Å². The van der Waals surface area contributed by atoms with E-state index in [1.165, 1.54) is 19.8 Å². The van der Waals surface area contributed by atoms with E-state index < -0.39 is 0 Å². The Kier molecular flexibility index (Phi) is 7.07. The summed E-state index contributed by atoms with van der Waals surface area (Å²) < 4.78 is 0. The van der Waals surface area contributed by atoms with Crippen molar-refractivity contribution in [3.8, 4) is 0 Å².